The minimum absolute atomic E-state index is 0.0182. The van der Waals surface area contributed by atoms with Gasteiger partial charge in [0.15, 0.2) is 17.0 Å². The molecule has 3 aromatic rings. The maximum Gasteiger partial charge on any atom is 0.336 e. The van der Waals surface area contributed by atoms with Gasteiger partial charge in [0.05, 0.1) is 0 Å². The summed E-state index contributed by atoms with van der Waals surface area (Å²) >= 11 is -1.60. The Bertz CT molecular complexity index is 1280. The molecule has 1 aliphatic rings. The van der Waals surface area contributed by atoms with Gasteiger partial charge in [-0.2, -0.15) is 4.98 Å². The number of aryl methyl sites for hydroxylation is 1. The number of rotatable bonds is 8. The smallest absolute Gasteiger partial charge is 0.336 e. The molecule has 2 atom stereocenters. The van der Waals surface area contributed by atoms with Crippen molar-refractivity contribution < 1.29 is 9.29 Å². The Kier molecular flexibility index (Phi) is 7.44. The summed E-state index contributed by atoms with van der Waals surface area (Å²) in [6.45, 7) is 3.38. The van der Waals surface area contributed by atoms with E-state index in [4.69, 9.17) is 10.5 Å². The molecule has 1 saturated heterocycles. The second-order valence-electron chi connectivity index (χ2n) is 8.31. The van der Waals surface area contributed by atoms with E-state index in [1.165, 1.54) is 4.57 Å². The molecule has 1 aliphatic heterocycles. The fourth-order valence-electron chi connectivity index (χ4n) is 4.04. The van der Waals surface area contributed by atoms with Gasteiger partial charge in [0.2, 0.25) is 11.9 Å². The summed E-state index contributed by atoms with van der Waals surface area (Å²) in [7, 11) is 1.57. The maximum atomic E-state index is 13.5. The number of imidazole rings is 1. The van der Waals surface area contributed by atoms with E-state index in [0.717, 1.165) is 30.4 Å². The van der Waals surface area contributed by atoms with Crippen LogP contribution in [0.4, 0.5) is 5.95 Å². The summed E-state index contributed by atoms with van der Waals surface area (Å²) in [5.74, 6) is 0.733. The Hall–Kier alpha value is -3.02. The minimum atomic E-state index is -1.60. The van der Waals surface area contributed by atoms with Crippen molar-refractivity contribution in [3.8, 4) is 5.75 Å². The van der Waals surface area contributed by atoms with E-state index < -0.39 is 22.4 Å². The number of benzene rings is 1. The molecule has 11 heteroatoms. The molecule has 0 radical (unpaired) electrons. The van der Waals surface area contributed by atoms with Crippen LogP contribution in [-0.4, -0.2) is 48.3 Å². The van der Waals surface area contributed by atoms with Gasteiger partial charge in [-0.05, 0) is 31.4 Å². The first-order chi connectivity index (χ1) is 16.4. The van der Waals surface area contributed by atoms with Crippen molar-refractivity contribution in [2.24, 2.45) is 12.8 Å². The number of nitrogens with zero attached hydrogens (tertiary/aromatic N) is 5. The summed E-state index contributed by atoms with van der Waals surface area (Å²) in [6, 6.07) is 8.99. The molecular formula is C23H30N6O4S. The monoisotopic (exact) mass is 486 g/mol. The molecule has 1 aromatic carbocycles. The zero-order chi connectivity index (χ0) is 24.2. The highest BCUT2D eigenvalue weighted by Gasteiger charge is 2.26. The highest BCUT2D eigenvalue weighted by atomic mass is 32.2. The fourth-order valence-corrected chi connectivity index (χ4v) is 4.90. The van der Waals surface area contributed by atoms with Gasteiger partial charge in [-0.1, -0.05) is 31.2 Å². The lowest BCUT2D eigenvalue weighted by molar-refractivity contribution is 0.374. The largest absolute Gasteiger partial charge is 0.612 e. The first kappa shape index (κ1) is 24.1. The fraction of sp³-hybridized carbons (Fsp3) is 0.435. The highest BCUT2D eigenvalue weighted by molar-refractivity contribution is 7.90. The molecule has 182 valence electrons. The molecule has 3 heterocycles. The number of hydrogen-bond donors (Lipinski definition) is 1. The number of anilines is 1. The molecular weight excluding hydrogens is 456 g/mol. The van der Waals surface area contributed by atoms with E-state index in [9.17, 15) is 14.1 Å². The number of ether oxygens (including phenoxy) is 1. The summed E-state index contributed by atoms with van der Waals surface area (Å²) in [5, 5.41) is 0. The topological polar surface area (TPSA) is 123 Å². The van der Waals surface area contributed by atoms with Gasteiger partial charge in [-0.3, -0.25) is 13.9 Å². The van der Waals surface area contributed by atoms with Crippen molar-refractivity contribution in [3.63, 3.8) is 0 Å². The van der Waals surface area contributed by atoms with Gasteiger partial charge in [0.25, 0.3) is 5.56 Å². The van der Waals surface area contributed by atoms with E-state index in [1.54, 1.807) is 29.9 Å². The van der Waals surface area contributed by atoms with Crippen molar-refractivity contribution in [2.75, 3.05) is 23.9 Å². The number of para-hydroxylation sites is 1. The van der Waals surface area contributed by atoms with Gasteiger partial charge in [0.1, 0.15) is 5.75 Å². The Balaban J connectivity index is 1.73. The van der Waals surface area contributed by atoms with E-state index in [-0.39, 0.29) is 29.0 Å². The Morgan fingerprint density at radius 3 is 2.76 bits per heavy atom. The summed E-state index contributed by atoms with van der Waals surface area (Å²) in [5.41, 5.74) is 5.62. The number of aromatic nitrogens is 4. The van der Waals surface area contributed by atoms with Gasteiger partial charge in [-0.15, -0.1) is 0 Å². The average molecular weight is 487 g/mol. The molecule has 0 saturated carbocycles. The summed E-state index contributed by atoms with van der Waals surface area (Å²) in [6.07, 6.45) is 6.35. The van der Waals surface area contributed by atoms with Gasteiger partial charge >= 0.3 is 5.69 Å². The Morgan fingerprint density at radius 2 is 2.06 bits per heavy atom. The van der Waals surface area contributed by atoms with E-state index in [1.807, 2.05) is 36.1 Å². The molecule has 4 rings (SSSR count). The van der Waals surface area contributed by atoms with Crippen LogP contribution < -0.4 is 26.6 Å². The SMILES string of the molecule is CCC=Cn1c(N2CCCC(N)C2)nc2c1c(=O)n(C[S+]([O-])COc1ccccc1)c(=O)n2C. The molecule has 34 heavy (non-hydrogen) atoms. The van der Waals surface area contributed by atoms with Crippen molar-refractivity contribution in [3.05, 3.63) is 57.2 Å². The maximum absolute atomic E-state index is 13.5. The van der Waals surface area contributed by atoms with E-state index in [0.29, 0.717) is 18.2 Å². The van der Waals surface area contributed by atoms with Crippen LogP contribution in [0.1, 0.15) is 26.2 Å². The van der Waals surface area contributed by atoms with Crippen molar-refractivity contribution in [2.45, 2.75) is 38.1 Å². The third-order valence-electron chi connectivity index (χ3n) is 5.76. The normalized spacial score (nSPS) is 17.5. The van der Waals surface area contributed by atoms with Crippen LogP contribution in [0.3, 0.4) is 0 Å². The average Bonchev–Trinajstić information content (AvgIpc) is 3.23. The number of piperidine rings is 1. The first-order valence-corrected chi connectivity index (χ1v) is 12.8. The van der Waals surface area contributed by atoms with Crippen LogP contribution in [0.2, 0.25) is 0 Å². The molecule has 0 spiro atoms. The van der Waals surface area contributed by atoms with Crippen molar-refractivity contribution >= 4 is 34.5 Å². The van der Waals surface area contributed by atoms with Gasteiger partial charge in [0, 0.05) is 43.6 Å². The molecule has 10 nitrogen and oxygen atoms in total. The third kappa shape index (κ3) is 4.91. The molecule has 2 aromatic heterocycles. The lowest BCUT2D eigenvalue weighted by atomic mass is 10.1. The van der Waals surface area contributed by atoms with Crippen LogP contribution in [0.25, 0.3) is 17.4 Å². The van der Waals surface area contributed by atoms with E-state index in [2.05, 4.69) is 4.98 Å². The van der Waals surface area contributed by atoms with E-state index >= 15 is 0 Å². The summed E-state index contributed by atoms with van der Waals surface area (Å²) in [4.78, 5) is 33.2. The van der Waals surface area contributed by atoms with Gasteiger partial charge in [-0.25, -0.2) is 9.36 Å². The number of allylic oxidation sites excluding steroid dienone is 1. The van der Waals surface area contributed by atoms with Crippen molar-refractivity contribution in [1.82, 2.24) is 18.7 Å². The zero-order valence-electron chi connectivity index (χ0n) is 19.4. The second kappa shape index (κ2) is 10.5. The van der Waals surface area contributed by atoms with Crippen LogP contribution in [-0.2, 0) is 24.1 Å². The predicted octanol–water partition coefficient (Wildman–Crippen LogP) is 1.45. The number of nitrogens with two attached hydrogens (primary N) is 1. The van der Waals surface area contributed by atoms with Crippen LogP contribution >= 0.6 is 0 Å². The molecule has 0 bridgehead atoms. The minimum Gasteiger partial charge on any atom is -0.612 e. The molecule has 0 amide bonds. The Morgan fingerprint density at radius 1 is 1.29 bits per heavy atom. The number of fused-ring (bicyclic) bond motifs is 1. The predicted molar refractivity (Wildman–Crippen MR) is 134 cm³/mol. The van der Waals surface area contributed by atoms with Gasteiger partial charge < -0.3 is 19.9 Å². The first-order valence-electron chi connectivity index (χ1n) is 11.3. The summed E-state index contributed by atoms with van der Waals surface area (Å²) < 4.78 is 22.3. The van der Waals surface area contributed by atoms with Crippen LogP contribution in [0.5, 0.6) is 5.75 Å². The molecule has 1 fully saturated rings. The van der Waals surface area contributed by atoms with Crippen LogP contribution in [0, 0.1) is 0 Å². The standard InChI is InChI=1S/C23H30N6O4S/c1-3-4-13-28-19-20(25-22(28)27-12-8-9-17(24)14-27)26(2)23(31)29(21(19)30)15-34(32)16-33-18-10-6-5-7-11-18/h4-7,10-11,13,17H,3,8-9,12,14-16,24H2,1-2H3. The molecule has 2 N–H and O–H groups in total. The molecule has 2 unspecified atom stereocenters. The third-order valence-corrected chi connectivity index (χ3v) is 6.69. The lowest BCUT2D eigenvalue weighted by Gasteiger charge is -2.31. The second-order valence-corrected chi connectivity index (χ2v) is 9.69. The Labute approximate surface area is 200 Å². The molecule has 0 aliphatic carbocycles. The van der Waals surface area contributed by atoms with Crippen molar-refractivity contribution in [1.29, 1.82) is 0 Å². The zero-order valence-corrected chi connectivity index (χ0v) is 20.2. The quantitative estimate of drug-likeness (QED) is 0.478. The van der Waals surface area contributed by atoms with Crippen LogP contribution in [0.15, 0.2) is 46.0 Å². The lowest BCUT2D eigenvalue weighted by Crippen LogP contribution is -2.43. The number of hydrogen-bond acceptors (Lipinski definition) is 7. The highest BCUT2D eigenvalue weighted by Crippen LogP contribution is 2.23.